The molecule has 0 bridgehead atoms. The summed E-state index contributed by atoms with van der Waals surface area (Å²) in [5.41, 5.74) is 3.51. The summed E-state index contributed by atoms with van der Waals surface area (Å²) >= 11 is 7.61. The van der Waals surface area contributed by atoms with Crippen molar-refractivity contribution in [1.82, 2.24) is 5.32 Å². The van der Waals surface area contributed by atoms with Gasteiger partial charge in [-0.1, -0.05) is 41.9 Å². The van der Waals surface area contributed by atoms with Crippen LogP contribution in [0.3, 0.4) is 0 Å². The summed E-state index contributed by atoms with van der Waals surface area (Å²) < 4.78 is 14.6. The van der Waals surface area contributed by atoms with Crippen molar-refractivity contribution in [3.63, 3.8) is 0 Å². The van der Waals surface area contributed by atoms with Crippen molar-refractivity contribution in [3.05, 3.63) is 93.6 Å². The first kappa shape index (κ1) is 21.0. The molecule has 0 saturated carbocycles. The summed E-state index contributed by atoms with van der Waals surface area (Å²) in [5, 5.41) is 12.6. The molecular weight excluding hydrogens is 431 g/mol. The fraction of sp³-hybridized carbons (Fsp3) is 0.120. The lowest BCUT2D eigenvalue weighted by atomic mass is 9.99. The van der Waals surface area contributed by atoms with E-state index in [2.05, 4.69) is 17.4 Å². The van der Waals surface area contributed by atoms with E-state index < -0.39 is 5.82 Å². The van der Waals surface area contributed by atoms with Crippen molar-refractivity contribution >= 4 is 38.9 Å². The Bertz CT molecular complexity index is 1310. The summed E-state index contributed by atoms with van der Waals surface area (Å²) in [7, 11) is 0. The van der Waals surface area contributed by atoms with Gasteiger partial charge in [0, 0.05) is 33.5 Å². The third-order valence-corrected chi connectivity index (χ3v) is 6.32. The average molecular weight is 449 g/mol. The van der Waals surface area contributed by atoms with Crippen LogP contribution in [0.25, 0.3) is 21.2 Å². The lowest BCUT2D eigenvalue weighted by Crippen LogP contribution is -2.24. The highest BCUT2D eigenvalue weighted by molar-refractivity contribution is 7.19. The predicted molar refractivity (Wildman–Crippen MR) is 124 cm³/mol. The second kappa shape index (κ2) is 9.30. The van der Waals surface area contributed by atoms with E-state index in [0.29, 0.717) is 18.5 Å². The van der Waals surface area contributed by atoms with E-state index >= 15 is 0 Å². The Morgan fingerprint density at radius 1 is 1.10 bits per heavy atom. The molecule has 0 radical (unpaired) electrons. The smallest absolute Gasteiger partial charge is 0.251 e. The second-order valence-corrected chi connectivity index (χ2v) is 8.68. The van der Waals surface area contributed by atoms with E-state index in [9.17, 15) is 9.18 Å². The molecule has 3 nitrogen and oxygen atoms in total. The molecule has 0 atom stereocenters. The van der Waals surface area contributed by atoms with Gasteiger partial charge in [0.15, 0.2) is 0 Å². The molecule has 0 unspecified atom stereocenters. The third kappa shape index (κ3) is 4.77. The molecule has 6 heteroatoms. The molecule has 0 aliphatic heterocycles. The average Bonchev–Trinajstić information content (AvgIpc) is 3.19. The molecule has 1 N–H and O–H groups in total. The van der Waals surface area contributed by atoms with Crippen molar-refractivity contribution in [2.75, 3.05) is 6.54 Å². The third-order valence-electron chi connectivity index (χ3n) is 4.93. The van der Waals surface area contributed by atoms with Crippen LogP contribution in [-0.2, 0) is 6.42 Å². The van der Waals surface area contributed by atoms with E-state index in [-0.39, 0.29) is 17.4 Å². The minimum atomic E-state index is -0.416. The highest BCUT2D eigenvalue weighted by Crippen LogP contribution is 2.35. The van der Waals surface area contributed by atoms with Crippen molar-refractivity contribution in [3.8, 4) is 17.2 Å². The molecule has 31 heavy (non-hydrogen) atoms. The van der Waals surface area contributed by atoms with Crippen LogP contribution in [0.5, 0.6) is 0 Å². The summed E-state index contributed by atoms with van der Waals surface area (Å²) in [6.45, 7) is 0.330. The first-order chi connectivity index (χ1) is 15.0. The van der Waals surface area contributed by atoms with Crippen molar-refractivity contribution in [2.45, 2.75) is 12.8 Å². The quantitative estimate of drug-likeness (QED) is 0.338. The number of nitriles is 1. The van der Waals surface area contributed by atoms with Crippen LogP contribution in [0, 0.1) is 17.1 Å². The van der Waals surface area contributed by atoms with Crippen LogP contribution < -0.4 is 5.32 Å². The predicted octanol–water partition coefficient (Wildman–Crippen LogP) is 6.60. The van der Waals surface area contributed by atoms with Crippen LogP contribution >= 0.6 is 22.9 Å². The summed E-state index contributed by atoms with van der Waals surface area (Å²) in [5.74, 6) is -0.607. The van der Waals surface area contributed by atoms with Crippen molar-refractivity contribution < 1.29 is 9.18 Å². The van der Waals surface area contributed by atoms with E-state index in [1.807, 2.05) is 36.4 Å². The minimum Gasteiger partial charge on any atom is -0.351 e. The topological polar surface area (TPSA) is 52.9 Å². The highest BCUT2D eigenvalue weighted by atomic mass is 35.5. The standard InChI is InChI=1S/C25H18ClFN2OS/c26-22-13-16(8-9-23(22)27)12-19-15-21-20(6-2-7-24(21)31-19)17-4-1-5-18(14-17)25(30)29-11-3-10-28/h1-2,4-9,13-15H,3,11-12H2,(H,29,30). The number of carbonyl (C=O) groups excluding carboxylic acids is 1. The maximum Gasteiger partial charge on any atom is 0.251 e. The number of benzene rings is 3. The van der Waals surface area contributed by atoms with E-state index in [0.717, 1.165) is 31.7 Å². The molecule has 0 fully saturated rings. The van der Waals surface area contributed by atoms with Crippen molar-refractivity contribution in [1.29, 1.82) is 5.26 Å². The molecular formula is C25H18ClFN2OS. The van der Waals surface area contributed by atoms with Crippen LogP contribution in [0.4, 0.5) is 4.39 Å². The number of fused-ring (bicyclic) bond motifs is 1. The number of rotatable bonds is 6. The second-order valence-electron chi connectivity index (χ2n) is 7.10. The van der Waals surface area contributed by atoms with Gasteiger partial charge in [0.05, 0.1) is 17.5 Å². The first-order valence-electron chi connectivity index (χ1n) is 9.76. The van der Waals surface area contributed by atoms with E-state index in [4.69, 9.17) is 16.9 Å². The highest BCUT2D eigenvalue weighted by Gasteiger charge is 2.12. The lowest BCUT2D eigenvalue weighted by molar-refractivity contribution is 0.0954. The Labute approximate surface area is 188 Å². The van der Waals surface area contributed by atoms with Gasteiger partial charge in [-0.3, -0.25) is 4.79 Å². The molecule has 0 spiro atoms. The monoisotopic (exact) mass is 448 g/mol. The number of hydrogen-bond donors (Lipinski definition) is 1. The summed E-state index contributed by atoms with van der Waals surface area (Å²) in [4.78, 5) is 13.5. The normalized spacial score (nSPS) is 10.7. The number of halogens is 2. The molecule has 154 valence electrons. The molecule has 4 aromatic rings. The van der Waals surface area contributed by atoms with Gasteiger partial charge in [-0.05, 0) is 53.1 Å². The molecule has 0 aliphatic rings. The van der Waals surface area contributed by atoms with Gasteiger partial charge in [0.2, 0.25) is 0 Å². The van der Waals surface area contributed by atoms with E-state index in [1.54, 1.807) is 29.5 Å². The Balaban J connectivity index is 1.64. The van der Waals surface area contributed by atoms with Gasteiger partial charge in [-0.2, -0.15) is 5.26 Å². The fourth-order valence-corrected chi connectivity index (χ4v) is 4.79. The van der Waals surface area contributed by atoms with Gasteiger partial charge >= 0.3 is 0 Å². The zero-order chi connectivity index (χ0) is 21.8. The number of nitrogens with zero attached hydrogens (tertiary/aromatic N) is 1. The molecule has 0 saturated heterocycles. The van der Waals surface area contributed by atoms with Gasteiger partial charge in [-0.25, -0.2) is 4.39 Å². The zero-order valence-corrected chi connectivity index (χ0v) is 18.1. The Morgan fingerprint density at radius 3 is 2.74 bits per heavy atom. The molecule has 1 heterocycles. The molecule has 1 aromatic heterocycles. The van der Waals surface area contributed by atoms with E-state index in [1.165, 1.54) is 6.07 Å². The van der Waals surface area contributed by atoms with Gasteiger partial charge in [-0.15, -0.1) is 11.3 Å². The van der Waals surface area contributed by atoms with Crippen molar-refractivity contribution in [2.24, 2.45) is 0 Å². The maximum absolute atomic E-state index is 13.4. The maximum atomic E-state index is 13.4. The molecule has 1 amide bonds. The van der Waals surface area contributed by atoms with Crippen LogP contribution in [-0.4, -0.2) is 12.5 Å². The number of amides is 1. The fourth-order valence-electron chi connectivity index (χ4n) is 3.47. The van der Waals surface area contributed by atoms with Gasteiger partial charge in [0.1, 0.15) is 5.82 Å². The molecule has 3 aromatic carbocycles. The molecule has 0 aliphatic carbocycles. The number of carbonyl (C=O) groups is 1. The Kier molecular flexibility index (Phi) is 6.31. The lowest BCUT2D eigenvalue weighted by Gasteiger charge is -2.07. The Morgan fingerprint density at radius 2 is 1.94 bits per heavy atom. The largest absolute Gasteiger partial charge is 0.351 e. The summed E-state index contributed by atoms with van der Waals surface area (Å²) in [6.07, 6.45) is 0.946. The number of thiophene rings is 1. The minimum absolute atomic E-state index is 0.129. The van der Waals surface area contributed by atoms with Gasteiger partial charge in [0.25, 0.3) is 5.91 Å². The molecule has 4 rings (SSSR count). The summed E-state index contributed by atoms with van der Waals surface area (Å²) in [6, 6.07) is 22.6. The number of hydrogen-bond acceptors (Lipinski definition) is 3. The van der Waals surface area contributed by atoms with Gasteiger partial charge < -0.3 is 5.32 Å². The first-order valence-corrected chi connectivity index (χ1v) is 11.0. The SMILES string of the molecule is N#CCCNC(=O)c1cccc(-c2cccc3sc(Cc4ccc(F)c(Cl)c4)cc23)c1. The number of nitrogens with one attached hydrogen (secondary N) is 1. The van der Waals surface area contributed by atoms with Crippen LogP contribution in [0.15, 0.2) is 66.7 Å². The Hall–Kier alpha value is -3.20. The van der Waals surface area contributed by atoms with Crippen LogP contribution in [0.1, 0.15) is 27.2 Å². The zero-order valence-electron chi connectivity index (χ0n) is 16.5. The van der Waals surface area contributed by atoms with Crippen LogP contribution in [0.2, 0.25) is 5.02 Å².